The number of Topliss-reactive ketones (excluding diaryl/α,β-unsaturated/α-hetero) is 1. The van der Waals surface area contributed by atoms with E-state index in [9.17, 15) is 14.7 Å². The van der Waals surface area contributed by atoms with Crippen molar-refractivity contribution in [3.63, 3.8) is 0 Å². The predicted octanol–water partition coefficient (Wildman–Crippen LogP) is 2.28. The number of amides is 1. The van der Waals surface area contributed by atoms with Crippen molar-refractivity contribution in [1.29, 1.82) is 0 Å². The summed E-state index contributed by atoms with van der Waals surface area (Å²) in [5, 5.41) is 13.9. The Morgan fingerprint density at radius 3 is 2.69 bits per heavy atom. The van der Waals surface area contributed by atoms with Crippen LogP contribution in [0.4, 0.5) is 0 Å². The second-order valence-electron chi connectivity index (χ2n) is 7.46. The number of carbonyl (C=O) groups is 2. The van der Waals surface area contributed by atoms with Gasteiger partial charge in [-0.05, 0) is 35.4 Å². The largest absolute Gasteiger partial charge is 0.872 e. The van der Waals surface area contributed by atoms with E-state index in [1.807, 2.05) is 17.1 Å². The molecule has 2 heterocycles. The number of aryl methyl sites for hydroxylation is 1. The minimum Gasteiger partial charge on any atom is -0.872 e. The van der Waals surface area contributed by atoms with E-state index in [0.29, 0.717) is 41.4 Å². The summed E-state index contributed by atoms with van der Waals surface area (Å²) in [7, 11) is 1.50. The molecule has 1 atom stereocenters. The van der Waals surface area contributed by atoms with Gasteiger partial charge < -0.3 is 14.7 Å². The van der Waals surface area contributed by atoms with Crippen LogP contribution in [-0.4, -0.2) is 35.2 Å². The van der Waals surface area contributed by atoms with Gasteiger partial charge in [-0.25, -0.2) is 4.57 Å². The van der Waals surface area contributed by atoms with Crippen molar-refractivity contribution in [2.75, 3.05) is 13.7 Å². The third kappa shape index (κ3) is 4.24. The summed E-state index contributed by atoms with van der Waals surface area (Å²) in [6.07, 6.45) is 6.13. The van der Waals surface area contributed by atoms with Crippen LogP contribution in [0, 0.1) is 0 Å². The van der Waals surface area contributed by atoms with Crippen LogP contribution in [-0.2, 0) is 16.1 Å². The Labute approximate surface area is 190 Å². The molecule has 1 aromatic heterocycles. The quantitative estimate of drug-likeness (QED) is 0.258. The first-order valence-electron chi connectivity index (χ1n) is 10.2. The minimum absolute atomic E-state index is 0.0557. The number of ether oxygens (including phenoxy) is 1. The van der Waals surface area contributed by atoms with E-state index in [4.69, 9.17) is 16.3 Å². The molecule has 0 radical (unpaired) electrons. The van der Waals surface area contributed by atoms with Crippen molar-refractivity contribution in [2.24, 2.45) is 0 Å². The van der Waals surface area contributed by atoms with E-state index in [2.05, 4.69) is 4.98 Å². The molecule has 3 aromatic rings. The maximum absolute atomic E-state index is 13.4. The zero-order valence-electron chi connectivity index (χ0n) is 17.5. The zero-order chi connectivity index (χ0) is 22.7. The molecule has 8 heteroatoms. The number of carbonyl (C=O) groups excluding carboxylic acids is 2. The van der Waals surface area contributed by atoms with E-state index in [1.54, 1.807) is 54.7 Å². The standard InChI is InChI=1S/C24H22ClN3O4/c1-32-19-5-2-4-17(14-19)22(29)20-21(16-6-8-18(25)9-7-16)28(24(31)23(20)30)12-3-11-27-13-10-26-15-27/h2,4-10,13-15,21H,3,11-12H2,1H3,(H,29,30). The monoisotopic (exact) mass is 451 g/mol. The maximum atomic E-state index is 13.4. The third-order valence-electron chi connectivity index (χ3n) is 5.47. The number of nitrogens with one attached hydrogen (secondary N) is 1. The number of methoxy groups -OCH3 is 1. The number of benzene rings is 2. The Bertz CT molecular complexity index is 1160. The topological polar surface area (TPSA) is 89.3 Å². The van der Waals surface area contributed by atoms with Gasteiger partial charge in [-0.1, -0.05) is 41.6 Å². The van der Waals surface area contributed by atoms with Crippen LogP contribution in [0.2, 0.25) is 5.02 Å². The molecule has 1 fully saturated rings. The predicted molar refractivity (Wildman–Crippen MR) is 116 cm³/mol. The molecule has 0 aliphatic carbocycles. The number of hydrogen-bond acceptors (Lipinski definition) is 4. The van der Waals surface area contributed by atoms with Gasteiger partial charge >= 0.3 is 0 Å². The van der Waals surface area contributed by atoms with Crippen LogP contribution < -0.4 is 14.4 Å². The fraction of sp³-hybridized carbons (Fsp3) is 0.208. The van der Waals surface area contributed by atoms with Crippen molar-refractivity contribution in [1.82, 2.24) is 9.88 Å². The van der Waals surface area contributed by atoms with Crippen LogP contribution >= 0.6 is 11.6 Å². The molecule has 0 saturated carbocycles. The molecule has 1 aliphatic heterocycles. The summed E-state index contributed by atoms with van der Waals surface area (Å²) in [5.41, 5.74) is 0.901. The zero-order valence-corrected chi connectivity index (χ0v) is 18.2. The van der Waals surface area contributed by atoms with Crippen LogP contribution in [0.5, 0.6) is 5.75 Å². The van der Waals surface area contributed by atoms with Gasteiger partial charge in [-0.3, -0.25) is 14.6 Å². The summed E-state index contributed by atoms with van der Waals surface area (Å²) in [5.74, 6) is -1.43. The molecule has 164 valence electrons. The van der Waals surface area contributed by atoms with Gasteiger partial charge in [0.15, 0.2) is 0 Å². The number of halogens is 1. The smallest absolute Gasteiger partial charge is 0.295 e. The van der Waals surface area contributed by atoms with E-state index in [1.165, 1.54) is 12.0 Å². The van der Waals surface area contributed by atoms with Gasteiger partial charge in [0.05, 0.1) is 19.7 Å². The number of hydrogen-bond donors (Lipinski definition) is 1. The first-order chi connectivity index (χ1) is 15.5. The lowest BCUT2D eigenvalue weighted by atomic mass is 9.95. The maximum Gasteiger partial charge on any atom is 0.295 e. The minimum atomic E-state index is -0.776. The second kappa shape index (κ2) is 9.28. The summed E-state index contributed by atoms with van der Waals surface area (Å²) in [4.78, 5) is 30.4. The molecule has 7 nitrogen and oxygen atoms in total. The van der Waals surface area contributed by atoms with Gasteiger partial charge in [0.2, 0.25) is 12.1 Å². The van der Waals surface area contributed by atoms with Gasteiger partial charge in [0, 0.05) is 23.6 Å². The van der Waals surface area contributed by atoms with Crippen molar-refractivity contribution in [2.45, 2.75) is 19.0 Å². The van der Waals surface area contributed by atoms with E-state index >= 15 is 0 Å². The Balaban J connectivity index is 1.73. The molecule has 4 rings (SSSR count). The average molecular weight is 452 g/mol. The van der Waals surface area contributed by atoms with Gasteiger partial charge in [-0.15, -0.1) is 0 Å². The number of H-pyrrole nitrogens is 1. The molecule has 1 N–H and O–H groups in total. The van der Waals surface area contributed by atoms with Crippen molar-refractivity contribution in [3.05, 3.63) is 89.0 Å². The third-order valence-corrected chi connectivity index (χ3v) is 5.72. The lowest BCUT2D eigenvalue weighted by molar-refractivity contribution is -0.695. The average Bonchev–Trinajstić information content (AvgIpc) is 3.41. The fourth-order valence-corrected chi connectivity index (χ4v) is 4.02. The highest BCUT2D eigenvalue weighted by molar-refractivity contribution is 6.46. The Morgan fingerprint density at radius 2 is 2.00 bits per heavy atom. The molecule has 1 saturated heterocycles. The lowest BCUT2D eigenvalue weighted by Gasteiger charge is -2.27. The van der Waals surface area contributed by atoms with Crippen LogP contribution in [0.15, 0.2) is 72.8 Å². The fourth-order valence-electron chi connectivity index (χ4n) is 3.90. The van der Waals surface area contributed by atoms with Crippen molar-refractivity contribution >= 4 is 29.1 Å². The SMILES string of the molecule is COc1cccc(/C([O-])=C2\C(=O)C(=O)N(CCC[n+]3cc[nH]c3)C2c2ccc(Cl)cc2)c1. The van der Waals surface area contributed by atoms with E-state index < -0.39 is 23.5 Å². The highest BCUT2D eigenvalue weighted by Gasteiger charge is 2.43. The molecular weight excluding hydrogens is 430 g/mol. The van der Waals surface area contributed by atoms with Crippen molar-refractivity contribution < 1.29 is 24.0 Å². The Kier molecular flexibility index (Phi) is 6.28. The number of ketones is 1. The first-order valence-corrected chi connectivity index (χ1v) is 10.6. The number of likely N-dealkylation sites (tertiary alicyclic amines) is 1. The molecule has 2 aromatic carbocycles. The molecular formula is C24H22ClN3O4. The number of nitrogens with zero attached hydrogens (tertiary/aromatic N) is 2. The number of rotatable bonds is 7. The summed E-state index contributed by atoms with van der Waals surface area (Å²) in [6, 6.07) is 12.6. The molecule has 1 aliphatic rings. The lowest BCUT2D eigenvalue weighted by Crippen LogP contribution is -2.36. The number of aromatic nitrogens is 2. The molecule has 1 amide bonds. The molecule has 0 spiro atoms. The Hall–Kier alpha value is -3.58. The highest BCUT2D eigenvalue weighted by Crippen LogP contribution is 2.39. The van der Waals surface area contributed by atoms with Crippen LogP contribution in [0.3, 0.4) is 0 Å². The molecule has 1 unspecified atom stereocenters. The summed E-state index contributed by atoms with van der Waals surface area (Å²) >= 11 is 6.04. The van der Waals surface area contributed by atoms with Gasteiger partial charge in [0.25, 0.3) is 5.91 Å². The van der Waals surface area contributed by atoms with Gasteiger partial charge in [0.1, 0.15) is 18.1 Å². The Morgan fingerprint density at radius 1 is 1.22 bits per heavy atom. The second-order valence-corrected chi connectivity index (χ2v) is 7.90. The van der Waals surface area contributed by atoms with Gasteiger partial charge in [-0.2, -0.15) is 0 Å². The summed E-state index contributed by atoms with van der Waals surface area (Å²) < 4.78 is 7.16. The molecule has 0 bridgehead atoms. The van der Waals surface area contributed by atoms with Crippen LogP contribution in [0.1, 0.15) is 23.6 Å². The molecule has 32 heavy (non-hydrogen) atoms. The number of aromatic amines is 1. The van der Waals surface area contributed by atoms with E-state index in [-0.39, 0.29) is 5.57 Å². The van der Waals surface area contributed by atoms with Crippen LogP contribution in [0.25, 0.3) is 5.76 Å². The summed E-state index contributed by atoms with van der Waals surface area (Å²) in [6.45, 7) is 0.985. The number of imidazole rings is 1. The highest BCUT2D eigenvalue weighted by atomic mass is 35.5. The normalized spacial score (nSPS) is 17.7. The first kappa shape index (κ1) is 21.6. The van der Waals surface area contributed by atoms with Crippen molar-refractivity contribution in [3.8, 4) is 5.75 Å². The van der Waals surface area contributed by atoms with E-state index in [0.717, 1.165) is 0 Å².